The van der Waals surface area contributed by atoms with Crippen LogP contribution in [0.5, 0.6) is 0 Å². The van der Waals surface area contributed by atoms with Gasteiger partial charge < -0.3 is 0 Å². The Labute approximate surface area is 80.3 Å². The van der Waals surface area contributed by atoms with Gasteiger partial charge in [-0.1, -0.05) is 6.92 Å². The third-order valence-electron chi connectivity index (χ3n) is 3.66. The molecular weight excluding hydrogens is 165 g/mol. The lowest BCUT2D eigenvalue weighted by molar-refractivity contribution is 0.159. The molecule has 2 fully saturated rings. The molecule has 2 heteroatoms. The third-order valence-corrected chi connectivity index (χ3v) is 3.66. The number of halogens is 1. The summed E-state index contributed by atoms with van der Waals surface area (Å²) in [4.78, 5) is 2.37. The van der Waals surface area contributed by atoms with Crippen molar-refractivity contribution in [3.05, 3.63) is 0 Å². The van der Waals surface area contributed by atoms with Crippen LogP contribution in [0.1, 0.15) is 39.0 Å². The van der Waals surface area contributed by atoms with E-state index < -0.39 is 6.17 Å². The summed E-state index contributed by atoms with van der Waals surface area (Å²) in [6, 6.07) is 0.706. The highest BCUT2D eigenvalue weighted by atomic mass is 19.1. The monoisotopic (exact) mass is 185 g/mol. The maximum absolute atomic E-state index is 13.0. The zero-order valence-electron chi connectivity index (χ0n) is 8.51. The van der Waals surface area contributed by atoms with Gasteiger partial charge in [-0.2, -0.15) is 0 Å². The first-order valence-electron chi connectivity index (χ1n) is 5.64. The average molecular weight is 185 g/mol. The molecule has 76 valence electrons. The van der Waals surface area contributed by atoms with Crippen molar-refractivity contribution in [2.24, 2.45) is 5.92 Å². The molecule has 1 unspecified atom stereocenters. The molecule has 1 aliphatic heterocycles. The molecule has 1 heterocycles. The van der Waals surface area contributed by atoms with Gasteiger partial charge in [0.05, 0.1) is 0 Å². The fourth-order valence-corrected chi connectivity index (χ4v) is 2.68. The number of alkyl halides is 1. The number of hydrogen-bond donors (Lipinski definition) is 0. The molecule has 0 aromatic heterocycles. The SMILES string of the molecule is CC1CCC(N2CCC(F)C2)CC1. The minimum Gasteiger partial charge on any atom is -0.297 e. The molecule has 2 rings (SSSR count). The predicted molar refractivity (Wildman–Crippen MR) is 52.5 cm³/mol. The van der Waals surface area contributed by atoms with E-state index in [0.29, 0.717) is 12.6 Å². The summed E-state index contributed by atoms with van der Waals surface area (Å²) >= 11 is 0. The van der Waals surface area contributed by atoms with Gasteiger partial charge in [-0.05, 0) is 38.0 Å². The van der Waals surface area contributed by atoms with Crippen molar-refractivity contribution in [1.29, 1.82) is 0 Å². The van der Waals surface area contributed by atoms with Gasteiger partial charge >= 0.3 is 0 Å². The van der Waals surface area contributed by atoms with Crippen molar-refractivity contribution < 1.29 is 4.39 Å². The molecule has 0 aromatic rings. The van der Waals surface area contributed by atoms with Gasteiger partial charge in [0.2, 0.25) is 0 Å². The second kappa shape index (κ2) is 3.95. The largest absolute Gasteiger partial charge is 0.297 e. The third kappa shape index (κ3) is 2.22. The highest BCUT2D eigenvalue weighted by Gasteiger charge is 2.29. The lowest BCUT2D eigenvalue weighted by atomic mass is 9.87. The highest BCUT2D eigenvalue weighted by molar-refractivity contribution is 4.84. The zero-order valence-corrected chi connectivity index (χ0v) is 8.51. The predicted octanol–water partition coefficient (Wildman–Crippen LogP) is 2.61. The standard InChI is InChI=1S/C11H20FN/c1-9-2-4-11(5-3-9)13-7-6-10(12)8-13/h9-11H,2-8H2,1H3. The Hall–Kier alpha value is -0.110. The van der Waals surface area contributed by atoms with Crippen molar-refractivity contribution in [2.75, 3.05) is 13.1 Å². The molecule has 0 bridgehead atoms. The normalized spacial score (nSPS) is 42.5. The number of nitrogens with zero attached hydrogens (tertiary/aromatic N) is 1. The number of hydrogen-bond acceptors (Lipinski definition) is 1. The van der Waals surface area contributed by atoms with Crippen LogP contribution in [0.15, 0.2) is 0 Å². The number of likely N-dealkylation sites (tertiary alicyclic amines) is 1. The molecule has 1 aliphatic carbocycles. The second-order valence-corrected chi connectivity index (χ2v) is 4.79. The van der Waals surface area contributed by atoms with E-state index in [4.69, 9.17) is 0 Å². The van der Waals surface area contributed by atoms with Gasteiger partial charge in [-0.25, -0.2) is 4.39 Å². The summed E-state index contributed by atoms with van der Waals surface area (Å²) in [5, 5.41) is 0. The van der Waals surface area contributed by atoms with Crippen LogP contribution in [0.3, 0.4) is 0 Å². The van der Waals surface area contributed by atoms with E-state index in [2.05, 4.69) is 11.8 Å². The first kappa shape index (κ1) is 9.45. The summed E-state index contributed by atoms with van der Waals surface area (Å²) < 4.78 is 13.0. The van der Waals surface area contributed by atoms with Crippen molar-refractivity contribution in [3.63, 3.8) is 0 Å². The molecule has 1 atom stereocenters. The molecule has 0 spiro atoms. The van der Waals surface area contributed by atoms with Crippen LogP contribution in [0.2, 0.25) is 0 Å². The molecule has 0 amide bonds. The van der Waals surface area contributed by atoms with Gasteiger partial charge in [-0.3, -0.25) is 4.90 Å². The summed E-state index contributed by atoms with van der Waals surface area (Å²) in [6.07, 6.45) is 5.52. The molecule has 13 heavy (non-hydrogen) atoms. The minimum absolute atomic E-state index is 0.542. The molecule has 0 aromatic carbocycles. The first-order chi connectivity index (χ1) is 6.25. The summed E-state index contributed by atoms with van der Waals surface area (Å²) in [5.74, 6) is 0.903. The minimum atomic E-state index is -0.542. The van der Waals surface area contributed by atoms with E-state index in [1.807, 2.05) is 0 Å². The molecule has 1 saturated carbocycles. The Morgan fingerprint density at radius 1 is 1.08 bits per heavy atom. The average Bonchev–Trinajstić information content (AvgIpc) is 2.53. The maximum Gasteiger partial charge on any atom is 0.114 e. The van der Waals surface area contributed by atoms with E-state index in [0.717, 1.165) is 18.9 Å². The van der Waals surface area contributed by atoms with Crippen molar-refractivity contribution in [3.8, 4) is 0 Å². The molecule has 0 N–H and O–H groups in total. The Balaban J connectivity index is 1.81. The van der Waals surface area contributed by atoms with Crippen LogP contribution in [0.25, 0.3) is 0 Å². The summed E-state index contributed by atoms with van der Waals surface area (Å²) in [6.45, 7) is 4.04. The Morgan fingerprint density at radius 2 is 1.77 bits per heavy atom. The topological polar surface area (TPSA) is 3.24 Å². The van der Waals surface area contributed by atoms with E-state index >= 15 is 0 Å². The smallest absolute Gasteiger partial charge is 0.114 e. The molecule has 1 saturated heterocycles. The Morgan fingerprint density at radius 3 is 2.31 bits per heavy atom. The Kier molecular flexibility index (Phi) is 2.87. The van der Waals surface area contributed by atoms with Crippen LogP contribution in [0, 0.1) is 5.92 Å². The van der Waals surface area contributed by atoms with Crippen LogP contribution < -0.4 is 0 Å². The van der Waals surface area contributed by atoms with Crippen LogP contribution >= 0.6 is 0 Å². The molecule has 2 aliphatic rings. The van der Waals surface area contributed by atoms with Gasteiger partial charge in [0.25, 0.3) is 0 Å². The fraction of sp³-hybridized carbons (Fsp3) is 1.00. The van der Waals surface area contributed by atoms with Gasteiger partial charge in [-0.15, -0.1) is 0 Å². The van der Waals surface area contributed by atoms with E-state index in [9.17, 15) is 4.39 Å². The van der Waals surface area contributed by atoms with Gasteiger partial charge in [0, 0.05) is 19.1 Å². The van der Waals surface area contributed by atoms with Crippen LogP contribution in [0.4, 0.5) is 4.39 Å². The summed E-state index contributed by atoms with van der Waals surface area (Å²) in [5.41, 5.74) is 0. The van der Waals surface area contributed by atoms with Crippen LogP contribution in [-0.2, 0) is 0 Å². The Bertz CT molecular complexity index is 163. The first-order valence-corrected chi connectivity index (χ1v) is 5.64. The van der Waals surface area contributed by atoms with Gasteiger partial charge in [0.15, 0.2) is 0 Å². The van der Waals surface area contributed by atoms with Gasteiger partial charge in [0.1, 0.15) is 6.17 Å². The van der Waals surface area contributed by atoms with E-state index in [1.165, 1.54) is 25.7 Å². The maximum atomic E-state index is 13.0. The zero-order chi connectivity index (χ0) is 9.26. The van der Waals surface area contributed by atoms with Crippen molar-refractivity contribution in [1.82, 2.24) is 4.90 Å². The van der Waals surface area contributed by atoms with Crippen molar-refractivity contribution in [2.45, 2.75) is 51.2 Å². The van der Waals surface area contributed by atoms with Crippen LogP contribution in [-0.4, -0.2) is 30.2 Å². The second-order valence-electron chi connectivity index (χ2n) is 4.79. The quantitative estimate of drug-likeness (QED) is 0.607. The summed E-state index contributed by atoms with van der Waals surface area (Å²) in [7, 11) is 0. The molecular formula is C11H20FN. The molecule has 1 nitrogen and oxygen atoms in total. The van der Waals surface area contributed by atoms with E-state index in [-0.39, 0.29) is 0 Å². The van der Waals surface area contributed by atoms with Crippen molar-refractivity contribution >= 4 is 0 Å². The lowest BCUT2D eigenvalue weighted by Crippen LogP contribution is -2.36. The lowest BCUT2D eigenvalue weighted by Gasteiger charge is -2.33. The fourth-order valence-electron chi connectivity index (χ4n) is 2.68. The van der Waals surface area contributed by atoms with E-state index in [1.54, 1.807) is 0 Å². The number of rotatable bonds is 1. The molecule has 0 radical (unpaired) electrons. The highest BCUT2D eigenvalue weighted by Crippen LogP contribution is 2.29.